The molecular formula is C14H22N4O. The molecule has 5 nitrogen and oxygen atoms in total. The highest BCUT2D eigenvalue weighted by Gasteiger charge is 2.19. The maximum Gasteiger partial charge on any atom is 0.219 e. The summed E-state index contributed by atoms with van der Waals surface area (Å²) in [5, 5.41) is 3.31. The third kappa shape index (κ3) is 3.15. The average Bonchev–Trinajstić information content (AvgIpc) is 2.92. The van der Waals surface area contributed by atoms with Gasteiger partial charge in [0.1, 0.15) is 17.7 Å². The molecule has 3 heterocycles. The van der Waals surface area contributed by atoms with Crippen LogP contribution in [0.4, 0.5) is 5.82 Å². The van der Waals surface area contributed by atoms with Gasteiger partial charge in [-0.25, -0.2) is 4.98 Å². The molecule has 0 bridgehead atoms. The highest BCUT2D eigenvalue weighted by atomic mass is 16.5. The van der Waals surface area contributed by atoms with Crippen LogP contribution < -0.4 is 15.0 Å². The van der Waals surface area contributed by atoms with E-state index in [-0.39, 0.29) is 6.10 Å². The Labute approximate surface area is 114 Å². The first-order valence-corrected chi connectivity index (χ1v) is 7.29. The first kappa shape index (κ1) is 12.7. The van der Waals surface area contributed by atoms with Crippen molar-refractivity contribution in [3.8, 4) is 5.88 Å². The third-order valence-corrected chi connectivity index (χ3v) is 3.78. The summed E-state index contributed by atoms with van der Waals surface area (Å²) in [4.78, 5) is 11.3. The summed E-state index contributed by atoms with van der Waals surface area (Å²) < 4.78 is 5.95. The van der Waals surface area contributed by atoms with Crippen molar-refractivity contribution in [1.29, 1.82) is 0 Å². The van der Waals surface area contributed by atoms with E-state index in [1.54, 1.807) is 0 Å². The van der Waals surface area contributed by atoms with Gasteiger partial charge in [0.15, 0.2) is 0 Å². The molecule has 2 aliphatic rings. The largest absolute Gasteiger partial charge is 0.473 e. The van der Waals surface area contributed by atoms with Crippen LogP contribution in [0.25, 0.3) is 0 Å². The van der Waals surface area contributed by atoms with Gasteiger partial charge in [-0.2, -0.15) is 4.98 Å². The zero-order valence-corrected chi connectivity index (χ0v) is 11.6. The lowest BCUT2D eigenvalue weighted by atomic mass is 10.1. The quantitative estimate of drug-likeness (QED) is 0.895. The SMILES string of the molecule is Cc1nc(OC2CCNC2)cc(N2CCCCC2)n1. The van der Waals surface area contributed by atoms with Gasteiger partial charge in [-0.3, -0.25) is 0 Å². The van der Waals surface area contributed by atoms with E-state index in [2.05, 4.69) is 20.2 Å². The number of aryl methyl sites for hydroxylation is 1. The fraction of sp³-hybridized carbons (Fsp3) is 0.714. The van der Waals surface area contributed by atoms with Crippen LogP contribution in [0, 0.1) is 6.92 Å². The highest BCUT2D eigenvalue weighted by Crippen LogP contribution is 2.22. The lowest BCUT2D eigenvalue weighted by Crippen LogP contribution is -2.30. The fourth-order valence-electron chi connectivity index (χ4n) is 2.77. The molecule has 0 saturated carbocycles. The van der Waals surface area contributed by atoms with Crippen molar-refractivity contribution in [3.63, 3.8) is 0 Å². The number of hydrogen-bond donors (Lipinski definition) is 1. The number of anilines is 1. The molecule has 1 aromatic heterocycles. The Balaban J connectivity index is 1.74. The maximum atomic E-state index is 5.95. The van der Waals surface area contributed by atoms with Crippen LogP contribution in [0.1, 0.15) is 31.5 Å². The zero-order valence-electron chi connectivity index (χ0n) is 11.6. The van der Waals surface area contributed by atoms with Gasteiger partial charge in [0.25, 0.3) is 0 Å². The van der Waals surface area contributed by atoms with Gasteiger partial charge in [-0.15, -0.1) is 0 Å². The van der Waals surface area contributed by atoms with Gasteiger partial charge in [-0.05, 0) is 39.2 Å². The Kier molecular flexibility index (Phi) is 3.82. The molecule has 2 aliphatic heterocycles. The minimum absolute atomic E-state index is 0.253. The van der Waals surface area contributed by atoms with Crippen molar-refractivity contribution in [2.45, 2.75) is 38.7 Å². The lowest BCUT2D eigenvalue weighted by molar-refractivity contribution is 0.213. The minimum Gasteiger partial charge on any atom is -0.473 e. The third-order valence-electron chi connectivity index (χ3n) is 3.78. The monoisotopic (exact) mass is 262 g/mol. The summed E-state index contributed by atoms with van der Waals surface area (Å²) >= 11 is 0. The summed E-state index contributed by atoms with van der Waals surface area (Å²) in [5.41, 5.74) is 0. The fourth-order valence-corrected chi connectivity index (χ4v) is 2.77. The smallest absolute Gasteiger partial charge is 0.219 e. The van der Waals surface area contributed by atoms with Crippen LogP contribution in [0.2, 0.25) is 0 Å². The van der Waals surface area contributed by atoms with Gasteiger partial charge in [0.2, 0.25) is 5.88 Å². The molecule has 1 aromatic rings. The van der Waals surface area contributed by atoms with Crippen LogP contribution in [0.3, 0.4) is 0 Å². The average molecular weight is 262 g/mol. The van der Waals surface area contributed by atoms with Gasteiger partial charge in [0.05, 0.1) is 0 Å². The second-order valence-corrected chi connectivity index (χ2v) is 5.39. The number of piperidine rings is 1. The number of hydrogen-bond acceptors (Lipinski definition) is 5. The summed E-state index contributed by atoms with van der Waals surface area (Å²) in [6.07, 6.45) is 5.15. The predicted molar refractivity (Wildman–Crippen MR) is 74.7 cm³/mol. The first-order valence-electron chi connectivity index (χ1n) is 7.29. The highest BCUT2D eigenvalue weighted by molar-refractivity contribution is 5.42. The molecule has 5 heteroatoms. The van der Waals surface area contributed by atoms with Crippen LogP contribution in [0.5, 0.6) is 5.88 Å². The van der Waals surface area contributed by atoms with Crippen molar-refractivity contribution >= 4 is 5.82 Å². The summed E-state index contributed by atoms with van der Waals surface area (Å²) in [6.45, 7) is 6.09. The van der Waals surface area contributed by atoms with Gasteiger partial charge < -0.3 is 15.0 Å². The van der Waals surface area contributed by atoms with Crippen molar-refractivity contribution in [2.24, 2.45) is 0 Å². The van der Waals surface area contributed by atoms with E-state index in [4.69, 9.17) is 4.74 Å². The topological polar surface area (TPSA) is 50.3 Å². The Morgan fingerprint density at radius 1 is 1.26 bits per heavy atom. The Hall–Kier alpha value is -1.36. The molecule has 0 radical (unpaired) electrons. The lowest BCUT2D eigenvalue weighted by Gasteiger charge is -2.28. The predicted octanol–water partition coefficient (Wildman–Crippen LogP) is 1.52. The van der Waals surface area contributed by atoms with E-state index in [1.807, 2.05) is 13.0 Å². The molecule has 0 aromatic carbocycles. The molecule has 0 amide bonds. The summed E-state index contributed by atoms with van der Waals surface area (Å²) in [7, 11) is 0. The van der Waals surface area contributed by atoms with Crippen LogP contribution in [0.15, 0.2) is 6.07 Å². The van der Waals surface area contributed by atoms with E-state index in [0.717, 1.165) is 50.1 Å². The van der Waals surface area contributed by atoms with E-state index in [0.29, 0.717) is 0 Å². The molecule has 3 rings (SSSR count). The van der Waals surface area contributed by atoms with Gasteiger partial charge in [-0.1, -0.05) is 0 Å². The normalized spacial score (nSPS) is 23.6. The molecule has 104 valence electrons. The molecule has 0 aliphatic carbocycles. The summed E-state index contributed by atoms with van der Waals surface area (Å²) in [6, 6.07) is 2.00. The Morgan fingerprint density at radius 2 is 2.11 bits per heavy atom. The van der Waals surface area contributed by atoms with Crippen molar-refractivity contribution in [2.75, 3.05) is 31.1 Å². The number of aromatic nitrogens is 2. The molecule has 19 heavy (non-hydrogen) atoms. The van der Waals surface area contributed by atoms with E-state index < -0.39 is 0 Å². The van der Waals surface area contributed by atoms with Crippen molar-refractivity contribution < 1.29 is 4.74 Å². The molecule has 1 atom stereocenters. The number of nitrogens with one attached hydrogen (secondary N) is 1. The Morgan fingerprint density at radius 3 is 2.84 bits per heavy atom. The van der Waals surface area contributed by atoms with Crippen molar-refractivity contribution in [1.82, 2.24) is 15.3 Å². The first-order chi connectivity index (χ1) is 9.31. The van der Waals surface area contributed by atoms with Crippen LogP contribution in [-0.4, -0.2) is 42.3 Å². The van der Waals surface area contributed by atoms with Crippen LogP contribution >= 0.6 is 0 Å². The zero-order chi connectivity index (χ0) is 13.1. The molecule has 1 unspecified atom stereocenters. The van der Waals surface area contributed by atoms with E-state index >= 15 is 0 Å². The van der Waals surface area contributed by atoms with Crippen molar-refractivity contribution in [3.05, 3.63) is 11.9 Å². The molecule has 0 spiro atoms. The van der Waals surface area contributed by atoms with E-state index in [9.17, 15) is 0 Å². The maximum absolute atomic E-state index is 5.95. The number of rotatable bonds is 3. The second-order valence-electron chi connectivity index (χ2n) is 5.39. The van der Waals surface area contributed by atoms with Gasteiger partial charge >= 0.3 is 0 Å². The number of ether oxygens (including phenoxy) is 1. The molecule has 1 N–H and O–H groups in total. The van der Waals surface area contributed by atoms with Crippen LogP contribution in [-0.2, 0) is 0 Å². The second kappa shape index (κ2) is 5.74. The number of nitrogens with zero attached hydrogens (tertiary/aromatic N) is 3. The summed E-state index contributed by atoms with van der Waals surface area (Å²) in [5.74, 6) is 2.54. The Bertz CT molecular complexity index is 425. The van der Waals surface area contributed by atoms with E-state index in [1.165, 1.54) is 19.3 Å². The standard InChI is InChI=1S/C14H22N4O/c1-11-16-13(18-7-3-2-4-8-18)9-14(17-11)19-12-5-6-15-10-12/h9,12,15H,2-8,10H2,1H3. The molecule has 2 fully saturated rings. The molecular weight excluding hydrogens is 240 g/mol. The van der Waals surface area contributed by atoms with Gasteiger partial charge in [0, 0.05) is 25.7 Å². The molecule has 2 saturated heterocycles. The minimum atomic E-state index is 0.253.